The van der Waals surface area contributed by atoms with Gasteiger partial charge in [0.1, 0.15) is 5.69 Å². The molecule has 6 heteroatoms. The number of thiophene rings is 1. The Morgan fingerprint density at radius 2 is 2.04 bits per heavy atom. The lowest BCUT2D eigenvalue weighted by atomic mass is 9.90. The molecule has 130 valence electrons. The Kier molecular flexibility index (Phi) is 4.92. The van der Waals surface area contributed by atoms with E-state index in [4.69, 9.17) is 4.52 Å². The van der Waals surface area contributed by atoms with Crippen molar-refractivity contribution in [1.29, 1.82) is 0 Å². The molecule has 0 spiro atoms. The summed E-state index contributed by atoms with van der Waals surface area (Å²) in [6, 6.07) is 9.89. The third-order valence-electron chi connectivity index (χ3n) is 4.83. The average molecular weight is 355 g/mol. The van der Waals surface area contributed by atoms with E-state index in [0.717, 1.165) is 54.4 Å². The SMILES string of the molecule is OC(c1cccs1)C1CCN(Cc2cc(-c3ccncc3)no2)CC1. The molecule has 4 heterocycles. The van der Waals surface area contributed by atoms with Gasteiger partial charge in [-0.25, -0.2) is 0 Å². The number of aliphatic hydroxyl groups excluding tert-OH is 1. The maximum atomic E-state index is 10.5. The van der Waals surface area contributed by atoms with Gasteiger partial charge in [0.15, 0.2) is 5.76 Å². The van der Waals surface area contributed by atoms with Crippen LogP contribution in [-0.4, -0.2) is 33.2 Å². The molecule has 1 unspecified atom stereocenters. The lowest BCUT2D eigenvalue weighted by Gasteiger charge is -2.33. The van der Waals surface area contributed by atoms with Crippen molar-refractivity contribution >= 4 is 11.3 Å². The van der Waals surface area contributed by atoms with E-state index in [1.807, 2.05) is 35.7 Å². The highest BCUT2D eigenvalue weighted by atomic mass is 32.1. The van der Waals surface area contributed by atoms with Crippen molar-refractivity contribution in [2.45, 2.75) is 25.5 Å². The van der Waals surface area contributed by atoms with Crippen LogP contribution < -0.4 is 0 Å². The normalized spacial score (nSPS) is 17.6. The molecule has 0 aliphatic carbocycles. The van der Waals surface area contributed by atoms with Crippen LogP contribution in [0.25, 0.3) is 11.3 Å². The molecule has 3 aromatic rings. The van der Waals surface area contributed by atoms with E-state index >= 15 is 0 Å². The lowest BCUT2D eigenvalue weighted by Crippen LogP contribution is -2.35. The fourth-order valence-corrected chi connectivity index (χ4v) is 4.19. The highest BCUT2D eigenvalue weighted by Gasteiger charge is 2.27. The molecule has 1 saturated heterocycles. The van der Waals surface area contributed by atoms with Crippen LogP contribution in [0.2, 0.25) is 0 Å². The zero-order valence-corrected chi connectivity index (χ0v) is 14.7. The van der Waals surface area contributed by atoms with Crippen molar-refractivity contribution in [2.24, 2.45) is 5.92 Å². The minimum absolute atomic E-state index is 0.328. The zero-order chi connectivity index (χ0) is 17.1. The molecule has 0 radical (unpaired) electrons. The summed E-state index contributed by atoms with van der Waals surface area (Å²) in [5.74, 6) is 1.22. The van der Waals surface area contributed by atoms with Gasteiger partial charge in [-0.1, -0.05) is 11.2 Å². The number of nitrogens with zero attached hydrogens (tertiary/aromatic N) is 3. The number of rotatable bonds is 5. The van der Waals surface area contributed by atoms with Gasteiger partial charge in [-0.3, -0.25) is 9.88 Å². The maximum Gasteiger partial charge on any atom is 0.151 e. The van der Waals surface area contributed by atoms with Crippen LogP contribution in [0, 0.1) is 5.92 Å². The Bertz CT molecular complexity index is 780. The van der Waals surface area contributed by atoms with E-state index in [1.165, 1.54) is 0 Å². The second kappa shape index (κ2) is 7.47. The fourth-order valence-electron chi connectivity index (χ4n) is 3.39. The highest BCUT2D eigenvalue weighted by Crippen LogP contribution is 2.33. The Hall–Kier alpha value is -2.02. The molecule has 0 amide bonds. The van der Waals surface area contributed by atoms with Crippen LogP contribution in [-0.2, 0) is 6.54 Å². The van der Waals surface area contributed by atoms with Crippen LogP contribution in [0.4, 0.5) is 0 Å². The van der Waals surface area contributed by atoms with Gasteiger partial charge in [0, 0.05) is 28.9 Å². The first-order valence-electron chi connectivity index (χ1n) is 8.59. The predicted octanol–water partition coefficient (Wildman–Crippen LogP) is 3.74. The summed E-state index contributed by atoms with van der Waals surface area (Å²) in [4.78, 5) is 7.47. The molecule has 1 atom stereocenters. The predicted molar refractivity (Wildman–Crippen MR) is 97.0 cm³/mol. The summed E-state index contributed by atoms with van der Waals surface area (Å²) in [6.45, 7) is 2.71. The minimum Gasteiger partial charge on any atom is -0.387 e. The van der Waals surface area contributed by atoms with E-state index in [2.05, 4.69) is 15.0 Å². The van der Waals surface area contributed by atoms with Gasteiger partial charge < -0.3 is 9.63 Å². The molecule has 1 N–H and O–H groups in total. The Labute approximate surface area is 150 Å². The molecule has 0 bridgehead atoms. The molecule has 4 rings (SSSR count). The third kappa shape index (κ3) is 3.81. The number of pyridine rings is 1. The van der Waals surface area contributed by atoms with Crippen molar-refractivity contribution in [3.05, 3.63) is 58.7 Å². The van der Waals surface area contributed by atoms with Crippen LogP contribution in [0.15, 0.2) is 52.6 Å². The highest BCUT2D eigenvalue weighted by molar-refractivity contribution is 7.10. The molecular formula is C19H21N3O2S. The molecule has 25 heavy (non-hydrogen) atoms. The van der Waals surface area contributed by atoms with Gasteiger partial charge in [0.2, 0.25) is 0 Å². The Morgan fingerprint density at radius 1 is 1.24 bits per heavy atom. The summed E-state index contributed by atoms with van der Waals surface area (Å²) in [7, 11) is 0. The molecule has 0 aromatic carbocycles. The third-order valence-corrected chi connectivity index (χ3v) is 5.77. The molecule has 1 fully saturated rings. The summed E-state index contributed by atoms with van der Waals surface area (Å²) in [5, 5.41) is 16.7. The van der Waals surface area contributed by atoms with Gasteiger partial charge in [-0.05, 0) is 55.4 Å². The topological polar surface area (TPSA) is 62.4 Å². The molecule has 1 aliphatic rings. The Balaban J connectivity index is 1.32. The van der Waals surface area contributed by atoms with Crippen LogP contribution >= 0.6 is 11.3 Å². The lowest BCUT2D eigenvalue weighted by molar-refractivity contribution is 0.0565. The monoisotopic (exact) mass is 355 g/mol. The van der Waals surface area contributed by atoms with E-state index in [-0.39, 0.29) is 6.10 Å². The summed E-state index contributed by atoms with van der Waals surface area (Å²) < 4.78 is 5.50. The first-order chi connectivity index (χ1) is 12.3. The van der Waals surface area contributed by atoms with Gasteiger partial charge >= 0.3 is 0 Å². The Morgan fingerprint density at radius 3 is 2.76 bits per heavy atom. The number of piperidine rings is 1. The van der Waals surface area contributed by atoms with E-state index in [9.17, 15) is 5.11 Å². The standard InChI is InChI=1S/C19H21N3O2S/c23-19(18-2-1-11-25-18)15-5-9-22(10-6-15)13-16-12-17(21-24-16)14-3-7-20-8-4-14/h1-4,7-8,11-12,15,19,23H,5-6,9-10,13H2. The molecule has 0 saturated carbocycles. The van der Waals surface area contributed by atoms with Crippen LogP contribution in [0.1, 0.15) is 29.6 Å². The van der Waals surface area contributed by atoms with Gasteiger partial charge in [0.25, 0.3) is 0 Å². The number of aliphatic hydroxyl groups is 1. The van der Waals surface area contributed by atoms with Crippen molar-refractivity contribution in [1.82, 2.24) is 15.0 Å². The van der Waals surface area contributed by atoms with Crippen molar-refractivity contribution in [3.8, 4) is 11.3 Å². The molecule has 1 aliphatic heterocycles. The largest absolute Gasteiger partial charge is 0.387 e. The van der Waals surface area contributed by atoms with Crippen LogP contribution in [0.5, 0.6) is 0 Å². The van der Waals surface area contributed by atoms with Crippen molar-refractivity contribution in [3.63, 3.8) is 0 Å². The molecular weight excluding hydrogens is 334 g/mol. The summed E-state index contributed by atoms with van der Waals surface area (Å²) >= 11 is 1.64. The van der Waals surface area contributed by atoms with Gasteiger partial charge in [-0.15, -0.1) is 11.3 Å². The second-order valence-corrected chi connectivity index (χ2v) is 7.47. The van der Waals surface area contributed by atoms with Gasteiger partial charge in [0.05, 0.1) is 12.6 Å². The van der Waals surface area contributed by atoms with E-state index < -0.39 is 0 Å². The minimum atomic E-state index is -0.328. The average Bonchev–Trinajstić information content (AvgIpc) is 3.35. The van der Waals surface area contributed by atoms with Crippen molar-refractivity contribution in [2.75, 3.05) is 13.1 Å². The van der Waals surface area contributed by atoms with Gasteiger partial charge in [-0.2, -0.15) is 0 Å². The number of aromatic nitrogens is 2. The fraction of sp³-hybridized carbons (Fsp3) is 0.368. The van der Waals surface area contributed by atoms with E-state index in [0.29, 0.717) is 5.92 Å². The summed E-state index contributed by atoms with van der Waals surface area (Å²) in [6.07, 6.45) is 5.20. The number of hydrogen-bond acceptors (Lipinski definition) is 6. The number of hydrogen-bond donors (Lipinski definition) is 1. The zero-order valence-electron chi connectivity index (χ0n) is 13.9. The first-order valence-corrected chi connectivity index (χ1v) is 9.47. The van der Waals surface area contributed by atoms with Crippen LogP contribution in [0.3, 0.4) is 0 Å². The second-order valence-electron chi connectivity index (χ2n) is 6.49. The quantitative estimate of drug-likeness (QED) is 0.755. The van der Waals surface area contributed by atoms with E-state index in [1.54, 1.807) is 23.7 Å². The molecule has 5 nitrogen and oxygen atoms in total. The molecule has 3 aromatic heterocycles. The smallest absolute Gasteiger partial charge is 0.151 e. The number of likely N-dealkylation sites (tertiary alicyclic amines) is 1. The maximum absolute atomic E-state index is 10.5. The van der Waals surface area contributed by atoms with Crippen molar-refractivity contribution < 1.29 is 9.63 Å². The first kappa shape index (κ1) is 16.4. The summed E-state index contributed by atoms with van der Waals surface area (Å²) in [5.41, 5.74) is 1.86.